The van der Waals surface area contributed by atoms with Gasteiger partial charge in [-0.2, -0.15) is 0 Å². The first kappa shape index (κ1) is 70.0. The molecule has 12 aromatic rings. The molecule has 5 heterocycles. The van der Waals surface area contributed by atoms with Crippen molar-refractivity contribution in [3.05, 3.63) is 229 Å². The molecule has 3 N–H and O–H groups in total. The van der Waals surface area contributed by atoms with Crippen molar-refractivity contribution in [2.24, 2.45) is 0 Å². The molecule has 0 radical (unpaired) electrons. The predicted octanol–water partition coefficient (Wildman–Crippen LogP) is 9.92. The van der Waals surface area contributed by atoms with Crippen LogP contribution in [0.3, 0.4) is 0 Å². The minimum absolute atomic E-state index is 0.0565. The summed E-state index contributed by atoms with van der Waals surface area (Å²) in [6.45, 7) is 3.62. The first-order chi connectivity index (χ1) is 48.2. The van der Waals surface area contributed by atoms with Gasteiger partial charge in [0.15, 0.2) is 40.3 Å². The molecule has 0 fully saturated rings. The maximum atomic E-state index is 16.9. The molecular formula is C72H69F2N9O15S3. The topological polar surface area (TPSA) is 310 Å². The van der Waals surface area contributed by atoms with E-state index in [-0.39, 0.29) is 65.0 Å². The molecule has 0 saturated heterocycles. The number of rotatable bonds is 27. The van der Waals surface area contributed by atoms with Crippen molar-refractivity contribution in [1.82, 2.24) is 43.6 Å². The van der Waals surface area contributed by atoms with Gasteiger partial charge in [0.25, 0.3) is 0 Å². The largest absolute Gasteiger partial charge is 0.493 e. The van der Waals surface area contributed by atoms with Crippen LogP contribution in [0.4, 0.5) is 8.78 Å². The van der Waals surface area contributed by atoms with Crippen molar-refractivity contribution in [2.45, 2.75) is 45.0 Å². The molecule has 101 heavy (non-hydrogen) atoms. The quantitative estimate of drug-likeness (QED) is 0.0431. The lowest BCUT2D eigenvalue weighted by atomic mass is 10.0. The summed E-state index contributed by atoms with van der Waals surface area (Å²) in [5.41, 5.74) is 5.63. The van der Waals surface area contributed by atoms with Crippen LogP contribution in [0.25, 0.3) is 66.7 Å². The molecule has 0 aliphatic carbocycles. The fourth-order valence-corrected chi connectivity index (χ4v) is 15.3. The van der Waals surface area contributed by atoms with E-state index >= 15 is 4.39 Å². The Balaban J connectivity index is 0.761. The Kier molecular flexibility index (Phi) is 19.7. The van der Waals surface area contributed by atoms with Crippen molar-refractivity contribution in [3.8, 4) is 68.1 Å². The maximum Gasteiger partial charge on any atom is 0.327 e. The van der Waals surface area contributed by atoms with E-state index in [0.717, 1.165) is 18.8 Å². The lowest BCUT2D eigenvalue weighted by molar-refractivity contribution is 0.279. The van der Waals surface area contributed by atoms with E-state index < -0.39 is 87.8 Å². The molecule has 0 amide bonds. The number of aromatic amines is 3. The van der Waals surface area contributed by atoms with Crippen molar-refractivity contribution in [1.29, 1.82) is 0 Å². The van der Waals surface area contributed by atoms with Crippen LogP contribution in [-0.2, 0) is 42.5 Å². The number of halogens is 2. The number of nitrogens with one attached hydrogen (secondary N) is 3. The smallest absolute Gasteiger partial charge is 0.327 e. The van der Waals surface area contributed by atoms with Crippen LogP contribution in [0.1, 0.15) is 58.7 Å². The number of aryl methyl sites for hydroxylation is 1. The fourth-order valence-electron chi connectivity index (χ4n) is 12.6. The summed E-state index contributed by atoms with van der Waals surface area (Å²) >= 11 is 0. The lowest BCUT2D eigenvalue weighted by Crippen LogP contribution is -2.28. The monoisotopic (exact) mass is 1430 g/mol. The molecule has 5 aromatic heterocycles. The van der Waals surface area contributed by atoms with Gasteiger partial charge >= 0.3 is 17.1 Å². The van der Waals surface area contributed by atoms with Crippen LogP contribution in [0.2, 0.25) is 0 Å². The molecule has 0 spiro atoms. The molecule has 524 valence electrons. The van der Waals surface area contributed by atoms with Crippen molar-refractivity contribution in [2.75, 3.05) is 70.6 Å². The number of benzene rings is 7. The zero-order valence-electron chi connectivity index (χ0n) is 55.9. The van der Waals surface area contributed by atoms with E-state index in [9.17, 15) is 44.0 Å². The van der Waals surface area contributed by atoms with Gasteiger partial charge in [0.1, 0.15) is 47.6 Å². The van der Waals surface area contributed by atoms with Crippen LogP contribution in [0, 0.1) is 18.6 Å². The second-order valence-corrected chi connectivity index (χ2v) is 31.0. The summed E-state index contributed by atoms with van der Waals surface area (Å²) in [5, 5.41) is 0. The van der Waals surface area contributed by atoms with Gasteiger partial charge < -0.3 is 43.4 Å². The number of H-pyrrole nitrogens is 3. The summed E-state index contributed by atoms with van der Waals surface area (Å²) in [5.74, 6) is -0.805. The third-order valence-corrected chi connectivity index (χ3v) is 19.9. The average molecular weight is 1430 g/mol. The van der Waals surface area contributed by atoms with Crippen molar-refractivity contribution < 1.29 is 62.5 Å². The molecule has 0 aliphatic heterocycles. The van der Waals surface area contributed by atoms with Gasteiger partial charge in [-0.25, -0.2) is 48.4 Å². The average Bonchev–Trinajstić information content (AvgIpc) is 1.62. The summed E-state index contributed by atoms with van der Waals surface area (Å²) in [6.07, 6.45) is 6.47. The summed E-state index contributed by atoms with van der Waals surface area (Å²) in [4.78, 5) is 64.1. The van der Waals surface area contributed by atoms with E-state index in [0.29, 0.717) is 102 Å². The lowest BCUT2D eigenvalue weighted by Gasteiger charge is -2.21. The van der Waals surface area contributed by atoms with Crippen LogP contribution < -0.4 is 45.5 Å². The molecule has 0 bridgehead atoms. The second-order valence-electron chi connectivity index (χ2n) is 24.4. The zero-order chi connectivity index (χ0) is 71.8. The maximum absolute atomic E-state index is 16.9. The van der Waals surface area contributed by atoms with Crippen molar-refractivity contribution in [3.63, 3.8) is 0 Å². The minimum Gasteiger partial charge on any atom is -0.493 e. The minimum atomic E-state index is -3.80. The van der Waals surface area contributed by atoms with Crippen LogP contribution >= 0.6 is 0 Å². The van der Waals surface area contributed by atoms with E-state index in [1.807, 2.05) is 6.92 Å². The van der Waals surface area contributed by atoms with Crippen molar-refractivity contribution >= 4 is 62.6 Å². The van der Waals surface area contributed by atoms with Gasteiger partial charge in [0.05, 0.1) is 120 Å². The highest BCUT2D eigenvalue weighted by Crippen LogP contribution is 2.39. The number of hydrogen-bond donors (Lipinski definition) is 3. The Morgan fingerprint density at radius 2 is 0.891 bits per heavy atom. The first-order valence-electron chi connectivity index (χ1n) is 31.6. The molecule has 0 aliphatic rings. The number of methoxy groups -OCH3 is 3. The van der Waals surface area contributed by atoms with Gasteiger partial charge in [-0.05, 0) is 133 Å². The summed E-state index contributed by atoms with van der Waals surface area (Å²) in [6, 6.07) is 33.8. The standard InChI is InChI=1S/C72H69F2N9O15S3/c1-9-96-64-33-44(15-23-61(64)93-3)58(38-99(6,87)88)82-56-21-13-47(31-53(56)79-71(82)85)68-41(2)77-51(36-76-68)27-29-97-65-34-45(16-24-62(65)94-4)59(39-100(7,89)90)83-57-22-14-48(32-54(57)80-72(83)86)69-67(74)49(26-28-75-69)37-98-66-35-46(17-25-63(66)95-5)60(40-101(8,91)92)81-55-20-12-43(30-52(55)78-70(81)84)42-10-18-50(73)19-11-42/h10-26,28,30-36,58-60H,9,27,29,37-40H2,1-8H3,(H,78,84)(H,79,85)(H,80,86)/t58-,59-,60-/m0/s1. The van der Waals surface area contributed by atoms with Gasteiger partial charge in [0, 0.05) is 54.3 Å². The number of nitrogens with zero attached hydrogens (tertiary/aromatic N) is 6. The zero-order valence-corrected chi connectivity index (χ0v) is 58.4. The number of ether oxygens (including phenoxy) is 6. The number of sulfone groups is 3. The molecule has 0 unspecified atom stereocenters. The Bertz CT molecular complexity index is 5730. The van der Waals surface area contributed by atoms with E-state index in [4.69, 9.17) is 38.4 Å². The normalized spacial score (nSPS) is 13.0. The highest BCUT2D eigenvalue weighted by atomic mass is 32.2. The fraction of sp³-hybridized carbons (Fsp3) is 0.250. The number of imidazole rings is 3. The van der Waals surface area contributed by atoms with Crippen LogP contribution in [-0.4, -0.2) is 139 Å². The Hall–Kier alpha value is -10.9. The Morgan fingerprint density at radius 1 is 0.475 bits per heavy atom. The number of pyridine rings is 1. The summed E-state index contributed by atoms with van der Waals surface area (Å²) < 4.78 is 148. The van der Waals surface area contributed by atoms with Crippen LogP contribution in [0.15, 0.2) is 166 Å². The van der Waals surface area contributed by atoms with Gasteiger partial charge in [-0.3, -0.25) is 28.7 Å². The number of aromatic nitrogens is 9. The molecule has 7 aromatic carbocycles. The van der Waals surface area contributed by atoms with Gasteiger partial charge in [-0.1, -0.05) is 48.5 Å². The third-order valence-electron chi connectivity index (χ3n) is 17.2. The van der Waals surface area contributed by atoms with Gasteiger partial charge in [0.2, 0.25) is 0 Å². The highest BCUT2D eigenvalue weighted by molar-refractivity contribution is 7.91. The molecule has 0 saturated carbocycles. The van der Waals surface area contributed by atoms with E-state index in [1.54, 1.807) is 122 Å². The molecule has 3 atom stereocenters. The first-order valence-corrected chi connectivity index (χ1v) is 37.8. The van der Waals surface area contributed by atoms with Crippen LogP contribution in [0.5, 0.6) is 34.5 Å². The Morgan fingerprint density at radius 3 is 1.33 bits per heavy atom. The molecular weight excluding hydrogens is 1370 g/mol. The second kappa shape index (κ2) is 28.4. The number of hydrogen-bond acceptors (Lipinski definition) is 18. The molecule has 12 rings (SSSR count). The van der Waals surface area contributed by atoms with Gasteiger partial charge in [-0.15, -0.1) is 0 Å². The number of fused-ring (bicyclic) bond motifs is 3. The molecule has 24 nitrogen and oxygen atoms in total. The van der Waals surface area contributed by atoms with E-state index in [1.165, 1.54) is 71.6 Å². The molecule has 29 heteroatoms. The summed E-state index contributed by atoms with van der Waals surface area (Å²) in [7, 11) is -6.81. The Labute approximate surface area is 577 Å². The predicted molar refractivity (Wildman–Crippen MR) is 379 cm³/mol. The SMILES string of the molecule is CCOc1cc([C@H](CS(C)(=O)=O)n2c(=O)[nH]c3cc(-c4ncc(CCOc5cc([C@H](CS(C)(=O)=O)n6c(=O)[nH]c7cc(-c8nccc(COc9cc([C@H](CS(C)(=O)=O)n%10c(=O)[nH]c%11cc(-c%12ccc(F)cc%12)ccc%11%10)ccc9OC)c8F)ccc76)ccc5OC)nc4C)ccc32)ccc1OC. The third kappa shape index (κ3) is 15.2. The highest BCUT2D eigenvalue weighted by Gasteiger charge is 2.30. The van der Waals surface area contributed by atoms with E-state index in [2.05, 4.69) is 19.9 Å².